The van der Waals surface area contributed by atoms with Gasteiger partial charge in [0, 0.05) is 23.1 Å². The van der Waals surface area contributed by atoms with E-state index in [1.54, 1.807) is 24.3 Å². The van der Waals surface area contributed by atoms with Crippen molar-refractivity contribution in [3.8, 4) is 0 Å². The van der Waals surface area contributed by atoms with Crippen molar-refractivity contribution < 1.29 is 14.4 Å². The number of benzene rings is 4. The topological polar surface area (TPSA) is 66.5 Å². The molecule has 192 valence electrons. The fourth-order valence-electron chi connectivity index (χ4n) is 7.20. The number of hydrogen-bond donors (Lipinski definition) is 1. The van der Waals surface area contributed by atoms with Crippen LogP contribution in [0.15, 0.2) is 91.0 Å². The smallest absolute Gasteiger partial charge is 0.255 e. The molecular weight excluding hydrogens is 484 g/mol. The van der Waals surface area contributed by atoms with Crippen LogP contribution in [0.5, 0.6) is 0 Å². The van der Waals surface area contributed by atoms with E-state index in [4.69, 9.17) is 0 Å². The van der Waals surface area contributed by atoms with E-state index in [1.165, 1.54) is 4.90 Å². The van der Waals surface area contributed by atoms with Crippen LogP contribution >= 0.6 is 0 Å². The lowest BCUT2D eigenvalue weighted by molar-refractivity contribution is -0.128. The molecule has 5 nitrogen and oxygen atoms in total. The van der Waals surface area contributed by atoms with Gasteiger partial charge in [-0.15, -0.1) is 0 Å². The van der Waals surface area contributed by atoms with Crippen LogP contribution in [0.3, 0.4) is 0 Å². The second kappa shape index (κ2) is 8.24. The van der Waals surface area contributed by atoms with Crippen molar-refractivity contribution in [1.82, 2.24) is 0 Å². The Kier molecular flexibility index (Phi) is 4.99. The molecule has 2 bridgehead atoms. The van der Waals surface area contributed by atoms with E-state index in [9.17, 15) is 14.4 Å². The summed E-state index contributed by atoms with van der Waals surface area (Å²) in [7, 11) is 0. The lowest BCUT2D eigenvalue weighted by Gasteiger charge is -2.51. The molecule has 3 amide bonds. The number of amides is 3. The summed E-state index contributed by atoms with van der Waals surface area (Å²) in [6, 6.07) is 29.0. The van der Waals surface area contributed by atoms with Crippen LogP contribution in [0.25, 0.3) is 0 Å². The predicted molar refractivity (Wildman–Crippen MR) is 151 cm³/mol. The van der Waals surface area contributed by atoms with E-state index in [1.807, 2.05) is 63.2 Å². The van der Waals surface area contributed by atoms with Gasteiger partial charge in [0.1, 0.15) is 0 Å². The number of carbonyl (C=O) groups excluding carboxylic acids is 3. The summed E-state index contributed by atoms with van der Waals surface area (Å²) in [6.07, 6.45) is 0. The molecule has 1 heterocycles. The molecule has 1 N–H and O–H groups in total. The number of rotatable bonds is 3. The van der Waals surface area contributed by atoms with Crippen LogP contribution in [0, 0.1) is 25.2 Å². The van der Waals surface area contributed by atoms with Crippen molar-refractivity contribution in [2.24, 2.45) is 11.3 Å². The van der Waals surface area contributed by atoms with Crippen LogP contribution in [0.1, 0.15) is 62.5 Å². The summed E-state index contributed by atoms with van der Waals surface area (Å²) in [5, 5.41) is 2.97. The van der Waals surface area contributed by atoms with Gasteiger partial charge in [-0.25, -0.2) is 4.90 Å². The Morgan fingerprint density at radius 3 is 1.97 bits per heavy atom. The van der Waals surface area contributed by atoms with Crippen molar-refractivity contribution in [1.29, 1.82) is 0 Å². The molecule has 0 spiro atoms. The fourth-order valence-corrected chi connectivity index (χ4v) is 7.20. The van der Waals surface area contributed by atoms with E-state index < -0.39 is 11.3 Å². The third kappa shape index (κ3) is 3.10. The molecule has 39 heavy (non-hydrogen) atoms. The zero-order chi connectivity index (χ0) is 27.1. The number of aryl methyl sites for hydroxylation is 1. The highest BCUT2D eigenvalue weighted by Crippen LogP contribution is 2.67. The Bertz CT molecular complexity index is 1660. The average Bonchev–Trinajstić information content (AvgIpc) is 3.16. The molecule has 1 saturated heterocycles. The van der Waals surface area contributed by atoms with Gasteiger partial charge in [-0.1, -0.05) is 60.7 Å². The molecule has 4 aliphatic rings. The van der Waals surface area contributed by atoms with E-state index >= 15 is 0 Å². The van der Waals surface area contributed by atoms with Gasteiger partial charge < -0.3 is 5.32 Å². The summed E-state index contributed by atoms with van der Waals surface area (Å²) in [5.74, 6) is -1.43. The maximum Gasteiger partial charge on any atom is 0.255 e. The van der Waals surface area contributed by atoms with Crippen LogP contribution < -0.4 is 10.2 Å². The molecule has 3 aliphatic carbocycles. The Labute approximate surface area is 227 Å². The largest absolute Gasteiger partial charge is 0.322 e. The predicted octanol–water partition coefficient (Wildman–Crippen LogP) is 6.34. The van der Waals surface area contributed by atoms with E-state index in [2.05, 4.69) is 29.6 Å². The Balaban J connectivity index is 1.24. The SMILES string of the molecule is Cc1cccc(NC(=O)c2ccc(N3C(=O)[C@H]4C5c6ccccc6C(c6ccccc65)[C@]4(C)C3=O)cc2)c1C. The summed E-state index contributed by atoms with van der Waals surface area (Å²) in [6.45, 7) is 5.95. The van der Waals surface area contributed by atoms with Crippen LogP contribution in [0.2, 0.25) is 0 Å². The standard InChI is InChI=1S/C34H28N2O3/c1-19-9-8-14-27(20(19)2)35-31(37)21-15-17-22(18-16-21)36-32(38)30-28-23-10-4-6-12-25(23)29(34(30,3)33(36)39)26-13-7-5-11-24(26)28/h4-18,28-30H,1-3H3,(H,35,37)/t28?,29?,30-,34+/m1/s1. The van der Waals surface area contributed by atoms with Crippen molar-refractivity contribution in [3.05, 3.63) is 130 Å². The van der Waals surface area contributed by atoms with Gasteiger partial charge in [0.15, 0.2) is 0 Å². The molecule has 2 atom stereocenters. The van der Waals surface area contributed by atoms with Crippen LogP contribution in [-0.4, -0.2) is 17.7 Å². The van der Waals surface area contributed by atoms with Crippen LogP contribution in [-0.2, 0) is 9.59 Å². The second-order valence-electron chi connectivity index (χ2n) is 11.2. The molecule has 0 saturated carbocycles. The number of nitrogens with zero attached hydrogens (tertiary/aromatic N) is 1. The minimum absolute atomic E-state index is 0.170. The minimum Gasteiger partial charge on any atom is -0.322 e. The van der Waals surface area contributed by atoms with Crippen molar-refractivity contribution in [2.45, 2.75) is 32.6 Å². The molecule has 4 aromatic rings. The molecule has 1 aliphatic heterocycles. The van der Waals surface area contributed by atoms with E-state index in [0.29, 0.717) is 11.3 Å². The number of imide groups is 1. The molecule has 0 radical (unpaired) electrons. The number of hydrogen-bond acceptors (Lipinski definition) is 3. The van der Waals surface area contributed by atoms with Gasteiger partial charge in [-0.05, 0) is 84.5 Å². The van der Waals surface area contributed by atoms with Crippen molar-refractivity contribution >= 4 is 29.1 Å². The molecule has 8 rings (SSSR count). The van der Waals surface area contributed by atoms with E-state index in [0.717, 1.165) is 39.1 Å². The number of nitrogens with one attached hydrogen (secondary N) is 1. The molecule has 0 aromatic heterocycles. The first-order valence-corrected chi connectivity index (χ1v) is 13.4. The average molecular weight is 513 g/mol. The maximum absolute atomic E-state index is 14.2. The highest BCUT2D eigenvalue weighted by molar-refractivity contribution is 6.25. The lowest BCUT2D eigenvalue weighted by atomic mass is 9.48. The molecule has 0 unspecified atom stereocenters. The number of carbonyl (C=O) groups is 3. The van der Waals surface area contributed by atoms with Crippen molar-refractivity contribution in [2.75, 3.05) is 10.2 Å². The van der Waals surface area contributed by atoms with Crippen molar-refractivity contribution in [3.63, 3.8) is 0 Å². The van der Waals surface area contributed by atoms with Gasteiger partial charge >= 0.3 is 0 Å². The minimum atomic E-state index is -0.886. The lowest BCUT2D eigenvalue weighted by Crippen LogP contribution is -2.49. The quantitative estimate of drug-likeness (QED) is 0.326. The summed E-state index contributed by atoms with van der Waals surface area (Å²) < 4.78 is 0. The van der Waals surface area contributed by atoms with Gasteiger partial charge in [0.2, 0.25) is 11.8 Å². The second-order valence-corrected chi connectivity index (χ2v) is 11.2. The monoisotopic (exact) mass is 512 g/mol. The number of anilines is 2. The van der Waals surface area contributed by atoms with Gasteiger partial charge in [-0.3, -0.25) is 14.4 Å². The zero-order valence-corrected chi connectivity index (χ0v) is 22.1. The Morgan fingerprint density at radius 2 is 1.36 bits per heavy atom. The molecule has 5 heteroatoms. The third-order valence-corrected chi connectivity index (χ3v) is 9.25. The van der Waals surface area contributed by atoms with Gasteiger partial charge in [-0.2, -0.15) is 0 Å². The maximum atomic E-state index is 14.2. The molecular formula is C34H28N2O3. The van der Waals surface area contributed by atoms with E-state index in [-0.39, 0.29) is 29.6 Å². The first-order chi connectivity index (χ1) is 18.8. The zero-order valence-electron chi connectivity index (χ0n) is 22.1. The van der Waals surface area contributed by atoms with Gasteiger partial charge in [0.05, 0.1) is 17.0 Å². The fraction of sp³-hybridized carbons (Fsp3) is 0.206. The normalized spacial score (nSPS) is 24.3. The molecule has 4 aromatic carbocycles. The summed E-state index contributed by atoms with van der Waals surface area (Å²) in [5.41, 5.74) is 7.52. The first-order valence-electron chi connectivity index (χ1n) is 13.4. The highest BCUT2D eigenvalue weighted by atomic mass is 16.2. The molecule has 1 fully saturated rings. The summed E-state index contributed by atoms with van der Waals surface area (Å²) in [4.78, 5) is 42.7. The third-order valence-electron chi connectivity index (χ3n) is 9.25. The summed E-state index contributed by atoms with van der Waals surface area (Å²) >= 11 is 0. The Morgan fingerprint density at radius 1 is 0.769 bits per heavy atom. The van der Waals surface area contributed by atoms with Crippen LogP contribution in [0.4, 0.5) is 11.4 Å². The Hall–Kier alpha value is -4.51. The van der Waals surface area contributed by atoms with Gasteiger partial charge in [0.25, 0.3) is 5.91 Å². The first kappa shape index (κ1) is 23.6. The highest BCUT2D eigenvalue weighted by Gasteiger charge is 2.68.